The van der Waals surface area contributed by atoms with Crippen molar-refractivity contribution in [1.29, 1.82) is 0 Å². The average Bonchev–Trinajstić information content (AvgIpc) is 3.03. The van der Waals surface area contributed by atoms with E-state index in [1.165, 1.54) is 40.7 Å². The smallest absolute Gasteiger partial charge is 0.264 e. The van der Waals surface area contributed by atoms with Crippen LogP contribution in [0.2, 0.25) is 5.02 Å². The minimum Gasteiger partial charge on any atom is -0.322 e. The maximum absolute atomic E-state index is 13.9. The first-order chi connectivity index (χ1) is 21.1. The molecule has 11 heteroatoms. The molecule has 0 atom stereocenters. The molecule has 1 amide bonds. The topological polar surface area (TPSA) is 113 Å². The summed E-state index contributed by atoms with van der Waals surface area (Å²) in [4.78, 5) is 13.6. The fourth-order valence-corrected chi connectivity index (χ4v) is 7.28. The van der Waals surface area contributed by atoms with Crippen LogP contribution in [0.1, 0.15) is 21.5 Å². The number of para-hydroxylation sites is 1. The fraction of sp³-hybridized carbons (Fsp3) is 0.0606. The number of carbonyl (C=O) groups excluding carboxylic acids is 1. The number of nitrogens with zero attached hydrogens (tertiary/aromatic N) is 1. The summed E-state index contributed by atoms with van der Waals surface area (Å²) in [6.07, 6.45) is 0. The highest BCUT2D eigenvalue weighted by Crippen LogP contribution is 2.30. The molecule has 5 aromatic carbocycles. The molecule has 0 heterocycles. The summed E-state index contributed by atoms with van der Waals surface area (Å²) in [7, 11) is -8.00. The molecule has 0 saturated carbocycles. The molecule has 5 rings (SSSR count). The van der Waals surface area contributed by atoms with Gasteiger partial charge in [0.05, 0.1) is 33.3 Å². The van der Waals surface area contributed by atoms with Crippen LogP contribution >= 0.6 is 11.6 Å². The van der Waals surface area contributed by atoms with E-state index in [2.05, 4.69) is 10.0 Å². The van der Waals surface area contributed by atoms with E-state index in [4.69, 9.17) is 11.6 Å². The number of nitrogens with one attached hydrogen (secondary N) is 2. The van der Waals surface area contributed by atoms with Gasteiger partial charge in [0.15, 0.2) is 0 Å². The molecule has 2 N–H and O–H groups in total. The third-order valence-corrected chi connectivity index (χ3v) is 10.4. The molecule has 5 aromatic rings. The van der Waals surface area contributed by atoms with Crippen LogP contribution in [-0.2, 0) is 26.6 Å². The number of benzene rings is 5. The molecular formula is C33H28ClN3O5S2. The molecule has 0 fully saturated rings. The number of halogens is 1. The van der Waals surface area contributed by atoms with Crippen molar-refractivity contribution < 1.29 is 21.6 Å². The van der Waals surface area contributed by atoms with Crippen molar-refractivity contribution in [3.63, 3.8) is 0 Å². The Kier molecular flexibility index (Phi) is 9.05. The molecule has 0 saturated heterocycles. The third kappa shape index (κ3) is 6.78. The van der Waals surface area contributed by atoms with Gasteiger partial charge in [-0.25, -0.2) is 16.8 Å². The van der Waals surface area contributed by atoms with Crippen LogP contribution in [0.3, 0.4) is 0 Å². The van der Waals surface area contributed by atoms with Gasteiger partial charge < -0.3 is 5.32 Å². The molecule has 0 radical (unpaired) electrons. The normalized spacial score (nSPS) is 11.5. The molecule has 224 valence electrons. The first-order valence-electron chi connectivity index (χ1n) is 13.5. The summed E-state index contributed by atoms with van der Waals surface area (Å²) in [5, 5.41) is 3.19. The van der Waals surface area contributed by atoms with Crippen molar-refractivity contribution in [1.82, 2.24) is 0 Å². The Morgan fingerprint density at radius 3 is 2.00 bits per heavy atom. The molecule has 8 nitrogen and oxygen atoms in total. The van der Waals surface area contributed by atoms with Crippen LogP contribution in [0.5, 0.6) is 0 Å². The number of hydrogen-bond donors (Lipinski definition) is 2. The maximum atomic E-state index is 13.9. The monoisotopic (exact) mass is 645 g/mol. The van der Waals surface area contributed by atoms with Gasteiger partial charge >= 0.3 is 0 Å². The number of rotatable bonds is 10. The van der Waals surface area contributed by atoms with E-state index in [-0.39, 0.29) is 27.6 Å². The molecule has 0 spiro atoms. The Bertz CT molecular complexity index is 2000. The van der Waals surface area contributed by atoms with Crippen LogP contribution < -0.4 is 14.3 Å². The number of amides is 1. The van der Waals surface area contributed by atoms with Gasteiger partial charge in [0, 0.05) is 10.7 Å². The highest BCUT2D eigenvalue weighted by atomic mass is 35.5. The van der Waals surface area contributed by atoms with E-state index in [0.29, 0.717) is 22.0 Å². The lowest BCUT2D eigenvalue weighted by Gasteiger charge is -2.26. The van der Waals surface area contributed by atoms with Gasteiger partial charge in [-0.1, -0.05) is 78.3 Å². The molecule has 0 bridgehead atoms. The van der Waals surface area contributed by atoms with Gasteiger partial charge in [0.2, 0.25) is 0 Å². The predicted octanol–water partition coefficient (Wildman–Crippen LogP) is 7.10. The van der Waals surface area contributed by atoms with Crippen molar-refractivity contribution in [3.05, 3.63) is 149 Å². The van der Waals surface area contributed by atoms with Crippen LogP contribution in [0.15, 0.2) is 137 Å². The van der Waals surface area contributed by atoms with E-state index in [1.807, 2.05) is 30.3 Å². The quantitative estimate of drug-likeness (QED) is 0.168. The van der Waals surface area contributed by atoms with E-state index >= 15 is 0 Å². The van der Waals surface area contributed by atoms with E-state index in [0.717, 1.165) is 5.56 Å². The first-order valence-corrected chi connectivity index (χ1v) is 16.8. The Morgan fingerprint density at radius 2 is 1.32 bits per heavy atom. The van der Waals surface area contributed by atoms with E-state index < -0.39 is 26.0 Å². The summed E-state index contributed by atoms with van der Waals surface area (Å²) in [5.41, 5.74) is 2.33. The Balaban J connectivity index is 1.43. The van der Waals surface area contributed by atoms with Crippen molar-refractivity contribution in [3.8, 4) is 0 Å². The molecule has 0 unspecified atom stereocenters. The SMILES string of the molecule is Cc1c(Cl)cccc1NS(=O)(=O)c1ccc(NC(=O)c2ccccc2N(Cc2ccccc2)S(=O)(=O)c2ccccc2)cc1. The summed E-state index contributed by atoms with van der Waals surface area (Å²) in [6, 6.07) is 34.1. The number of sulfonamides is 2. The lowest BCUT2D eigenvalue weighted by molar-refractivity contribution is 0.102. The molecule has 0 aliphatic rings. The second kappa shape index (κ2) is 12.9. The summed E-state index contributed by atoms with van der Waals surface area (Å²) >= 11 is 6.12. The van der Waals surface area contributed by atoms with Crippen molar-refractivity contribution in [2.45, 2.75) is 23.3 Å². The Morgan fingerprint density at radius 1 is 0.705 bits per heavy atom. The van der Waals surface area contributed by atoms with Gasteiger partial charge in [0.1, 0.15) is 0 Å². The zero-order chi connectivity index (χ0) is 31.3. The van der Waals surface area contributed by atoms with E-state index in [9.17, 15) is 21.6 Å². The largest absolute Gasteiger partial charge is 0.322 e. The molecule has 0 aliphatic heterocycles. The van der Waals surface area contributed by atoms with Crippen LogP contribution in [0.25, 0.3) is 0 Å². The van der Waals surface area contributed by atoms with Gasteiger partial charge in [-0.15, -0.1) is 0 Å². The molecule has 0 aliphatic carbocycles. The summed E-state index contributed by atoms with van der Waals surface area (Å²) in [6.45, 7) is 1.71. The van der Waals surface area contributed by atoms with Crippen molar-refractivity contribution in [2.24, 2.45) is 0 Å². The lowest BCUT2D eigenvalue weighted by atomic mass is 10.1. The Labute approximate surface area is 262 Å². The van der Waals surface area contributed by atoms with E-state index in [1.54, 1.807) is 67.6 Å². The van der Waals surface area contributed by atoms with Gasteiger partial charge in [-0.2, -0.15) is 0 Å². The van der Waals surface area contributed by atoms with Crippen LogP contribution in [0.4, 0.5) is 17.1 Å². The average molecular weight is 646 g/mol. The zero-order valence-corrected chi connectivity index (χ0v) is 25.9. The molecule has 44 heavy (non-hydrogen) atoms. The first kappa shape index (κ1) is 30.8. The number of carbonyl (C=O) groups is 1. The Hall–Kier alpha value is -4.64. The van der Waals surface area contributed by atoms with Gasteiger partial charge in [-0.05, 0) is 78.7 Å². The highest BCUT2D eigenvalue weighted by molar-refractivity contribution is 7.93. The van der Waals surface area contributed by atoms with Crippen LogP contribution in [-0.4, -0.2) is 22.7 Å². The van der Waals surface area contributed by atoms with Gasteiger partial charge in [-0.3, -0.25) is 13.8 Å². The lowest BCUT2D eigenvalue weighted by Crippen LogP contribution is -2.32. The predicted molar refractivity (Wildman–Crippen MR) is 174 cm³/mol. The second-order valence-electron chi connectivity index (χ2n) is 9.82. The van der Waals surface area contributed by atoms with Gasteiger partial charge in [0.25, 0.3) is 26.0 Å². The fourth-order valence-electron chi connectivity index (χ4n) is 4.49. The molecular weight excluding hydrogens is 618 g/mol. The number of hydrogen-bond acceptors (Lipinski definition) is 5. The second-order valence-corrected chi connectivity index (χ2v) is 13.8. The summed E-state index contributed by atoms with van der Waals surface area (Å²) in [5.74, 6) is -0.565. The highest BCUT2D eigenvalue weighted by Gasteiger charge is 2.28. The van der Waals surface area contributed by atoms with Crippen molar-refractivity contribution >= 4 is 54.6 Å². The minimum atomic E-state index is -4.06. The molecule has 0 aromatic heterocycles. The standard InChI is InChI=1S/C33H28ClN3O5S2/c1-24-30(34)16-10-17-31(24)36-43(39,40)27-21-19-26(20-22-27)35-33(38)29-15-8-9-18-32(29)37(23-25-11-4-2-5-12-25)44(41,42)28-13-6-3-7-14-28/h2-22,36H,23H2,1H3,(H,35,38). The minimum absolute atomic E-state index is 0.00593. The third-order valence-electron chi connectivity index (χ3n) is 6.85. The zero-order valence-electron chi connectivity index (χ0n) is 23.5. The summed E-state index contributed by atoms with van der Waals surface area (Å²) < 4.78 is 57.5. The number of anilines is 3. The van der Waals surface area contributed by atoms with Crippen molar-refractivity contribution in [2.75, 3.05) is 14.3 Å². The van der Waals surface area contributed by atoms with Crippen LogP contribution in [0, 0.1) is 6.92 Å². The maximum Gasteiger partial charge on any atom is 0.264 e.